The van der Waals surface area contributed by atoms with Crippen LogP contribution in [0.25, 0.3) is 0 Å². The van der Waals surface area contributed by atoms with Crippen LogP contribution in [-0.2, 0) is 0 Å². The highest BCUT2D eigenvalue weighted by molar-refractivity contribution is 5.26. The van der Waals surface area contributed by atoms with Crippen molar-refractivity contribution in [2.45, 2.75) is 39.2 Å². The van der Waals surface area contributed by atoms with E-state index >= 15 is 0 Å². The van der Waals surface area contributed by atoms with E-state index in [2.05, 4.69) is 18.9 Å². The second kappa shape index (κ2) is 7.49. The van der Waals surface area contributed by atoms with E-state index in [0.717, 1.165) is 18.5 Å². The van der Waals surface area contributed by atoms with E-state index in [9.17, 15) is 4.39 Å². The van der Waals surface area contributed by atoms with Gasteiger partial charge in [0.05, 0.1) is 0 Å². The van der Waals surface area contributed by atoms with Crippen molar-refractivity contribution < 1.29 is 4.39 Å². The number of aryl methyl sites for hydroxylation is 1. The van der Waals surface area contributed by atoms with Crippen molar-refractivity contribution in [1.29, 1.82) is 0 Å². The van der Waals surface area contributed by atoms with Crippen molar-refractivity contribution in [2.75, 3.05) is 20.1 Å². The van der Waals surface area contributed by atoms with E-state index in [4.69, 9.17) is 5.73 Å². The van der Waals surface area contributed by atoms with Crippen LogP contribution in [0.3, 0.4) is 0 Å². The minimum atomic E-state index is -0.145. The van der Waals surface area contributed by atoms with Crippen LogP contribution in [0.2, 0.25) is 0 Å². The van der Waals surface area contributed by atoms with Crippen LogP contribution >= 0.6 is 0 Å². The highest BCUT2D eigenvalue weighted by Gasteiger charge is 2.15. The fourth-order valence-corrected chi connectivity index (χ4v) is 2.15. The van der Waals surface area contributed by atoms with Crippen molar-refractivity contribution in [3.63, 3.8) is 0 Å². The highest BCUT2D eigenvalue weighted by Crippen LogP contribution is 2.21. The van der Waals surface area contributed by atoms with Crippen LogP contribution in [-0.4, -0.2) is 25.0 Å². The Kier molecular flexibility index (Phi) is 6.30. The molecule has 0 aromatic heterocycles. The molecule has 0 spiro atoms. The van der Waals surface area contributed by atoms with Crippen LogP contribution in [0.4, 0.5) is 4.39 Å². The van der Waals surface area contributed by atoms with Gasteiger partial charge in [-0.15, -0.1) is 0 Å². The molecular formula is C15H25FN2. The molecule has 2 nitrogen and oxygen atoms in total. The summed E-state index contributed by atoms with van der Waals surface area (Å²) in [4.78, 5) is 2.22. The highest BCUT2D eigenvalue weighted by atomic mass is 19.1. The molecule has 3 heteroatoms. The maximum atomic E-state index is 13.6. The zero-order chi connectivity index (χ0) is 13.5. The largest absolute Gasteiger partial charge is 0.329 e. The second-order valence-electron chi connectivity index (χ2n) is 4.95. The zero-order valence-corrected chi connectivity index (χ0v) is 11.7. The molecule has 1 aromatic carbocycles. The summed E-state index contributed by atoms with van der Waals surface area (Å²) < 4.78 is 13.6. The van der Waals surface area contributed by atoms with Crippen molar-refractivity contribution in [3.8, 4) is 0 Å². The first-order valence-corrected chi connectivity index (χ1v) is 6.76. The fraction of sp³-hybridized carbons (Fsp3) is 0.600. The normalized spacial score (nSPS) is 13.0. The molecule has 102 valence electrons. The molecule has 1 rings (SSSR count). The number of likely N-dealkylation sites (N-methyl/N-ethyl adjacent to an activating group) is 1. The lowest BCUT2D eigenvalue weighted by atomic mass is 10.0. The van der Waals surface area contributed by atoms with Gasteiger partial charge in [0.25, 0.3) is 0 Å². The summed E-state index contributed by atoms with van der Waals surface area (Å²) in [5.74, 6) is -0.145. The first-order valence-electron chi connectivity index (χ1n) is 6.76. The fourth-order valence-electron chi connectivity index (χ4n) is 2.15. The molecule has 0 saturated heterocycles. The van der Waals surface area contributed by atoms with E-state index in [1.54, 1.807) is 13.0 Å². The summed E-state index contributed by atoms with van der Waals surface area (Å²) >= 11 is 0. The van der Waals surface area contributed by atoms with Gasteiger partial charge in [-0.2, -0.15) is 0 Å². The Morgan fingerprint density at radius 2 is 2.06 bits per heavy atom. The van der Waals surface area contributed by atoms with Crippen LogP contribution in [0.1, 0.15) is 43.4 Å². The van der Waals surface area contributed by atoms with E-state index in [1.165, 1.54) is 12.8 Å². The lowest BCUT2D eigenvalue weighted by molar-refractivity contribution is 0.244. The molecule has 0 fully saturated rings. The first-order chi connectivity index (χ1) is 8.60. The minimum Gasteiger partial charge on any atom is -0.329 e. The van der Waals surface area contributed by atoms with Gasteiger partial charge in [0.2, 0.25) is 0 Å². The Labute approximate surface area is 110 Å². The number of hydrogen-bond donors (Lipinski definition) is 1. The van der Waals surface area contributed by atoms with Crippen LogP contribution in [0, 0.1) is 12.7 Å². The minimum absolute atomic E-state index is 0.108. The van der Waals surface area contributed by atoms with Gasteiger partial charge in [-0.05, 0) is 44.1 Å². The molecule has 0 amide bonds. The standard InChI is InChI=1S/C15H25FN2/c1-4-5-6-9-18(3)15(11-17)13-8-7-12(2)14(16)10-13/h7-8,10,15H,4-6,9,11,17H2,1-3H3. The quantitative estimate of drug-likeness (QED) is 0.755. The average Bonchev–Trinajstić information content (AvgIpc) is 2.35. The molecular weight excluding hydrogens is 227 g/mol. The zero-order valence-electron chi connectivity index (χ0n) is 11.7. The van der Waals surface area contributed by atoms with Gasteiger partial charge >= 0.3 is 0 Å². The van der Waals surface area contributed by atoms with Crippen LogP contribution in [0.5, 0.6) is 0 Å². The first kappa shape index (κ1) is 15.1. The molecule has 0 aliphatic heterocycles. The molecule has 0 aliphatic carbocycles. The maximum Gasteiger partial charge on any atom is 0.126 e. The van der Waals surface area contributed by atoms with E-state index in [1.807, 2.05) is 12.1 Å². The van der Waals surface area contributed by atoms with E-state index in [-0.39, 0.29) is 11.9 Å². The van der Waals surface area contributed by atoms with Gasteiger partial charge in [-0.3, -0.25) is 4.90 Å². The Balaban J connectivity index is 2.72. The molecule has 2 N–H and O–H groups in total. The lowest BCUT2D eigenvalue weighted by Gasteiger charge is -2.27. The smallest absolute Gasteiger partial charge is 0.126 e. The summed E-state index contributed by atoms with van der Waals surface area (Å²) in [6.45, 7) is 5.49. The average molecular weight is 252 g/mol. The van der Waals surface area contributed by atoms with E-state index in [0.29, 0.717) is 12.1 Å². The van der Waals surface area contributed by atoms with Gasteiger partial charge in [0.1, 0.15) is 5.82 Å². The number of rotatable bonds is 7. The van der Waals surface area contributed by atoms with Crippen molar-refractivity contribution in [2.24, 2.45) is 5.73 Å². The van der Waals surface area contributed by atoms with Crippen LogP contribution < -0.4 is 5.73 Å². The maximum absolute atomic E-state index is 13.6. The third-order valence-electron chi connectivity index (χ3n) is 3.45. The number of nitrogens with two attached hydrogens (primary N) is 1. The molecule has 0 heterocycles. The number of unbranched alkanes of at least 4 members (excludes halogenated alkanes) is 2. The van der Waals surface area contributed by atoms with Gasteiger partial charge in [-0.1, -0.05) is 31.9 Å². The van der Waals surface area contributed by atoms with Crippen molar-refractivity contribution in [1.82, 2.24) is 4.90 Å². The Morgan fingerprint density at radius 3 is 2.61 bits per heavy atom. The lowest BCUT2D eigenvalue weighted by Crippen LogP contribution is -2.31. The topological polar surface area (TPSA) is 29.3 Å². The molecule has 1 unspecified atom stereocenters. The molecule has 0 aliphatic rings. The summed E-state index contributed by atoms with van der Waals surface area (Å²) in [6, 6.07) is 5.53. The molecule has 1 aromatic rings. The third-order valence-corrected chi connectivity index (χ3v) is 3.45. The molecule has 0 bridgehead atoms. The molecule has 0 saturated carbocycles. The Bertz CT molecular complexity index is 366. The van der Waals surface area contributed by atoms with Crippen LogP contribution in [0.15, 0.2) is 18.2 Å². The Morgan fingerprint density at radius 1 is 1.33 bits per heavy atom. The number of hydrogen-bond acceptors (Lipinski definition) is 2. The van der Waals surface area contributed by atoms with Crippen molar-refractivity contribution >= 4 is 0 Å². The summed E-state index contributed by atoms with van der Waals surface area (Å²) in [5, 5.41) is 0. The van der Waals surface area contributed by atoms with E-state index < -0.39 is 0 Å². The molecule has 0 radical (unpaired) electrons. The second-order valence-corrected chi connectivity index (χ2v) is 4.95. The van der Waals surface area contributed by atoms with Gasteiger partial charge in [0, 0.05) is 12.6 Å². The Hall–Kier alpha value is -0.930. The third kappa shape index (κ3) is 4.07. The van der Waals surface area contributed by atoms with Crippen molar-refractivity contribution in [3.05, 3.63) is 35.1 Å². The predicted octanol–water partition coefficient (Wildman–Crippen LogP) is 3.26. The SMILES string of the molecule is CCCCCN(C)C(CN)c1ccc(C)c(F)c1. The van der Waals surface area contributed by atoms with Gasteiger partial charge in [0.15, 0.2) is 0 Å². The summed E-state index contributed by atoms with van der Waals surface area (Å²) in [6.07, 6.45) is 3.60. The summed E-state index contributed by atoms with van der Waals surface area (Å²) in [5.41, 5.74) is 7.49. The van der Waals surface area contributed by atoms with Gasteiger partial charge in [-0.25, -0.2) is 4.39 Å². The summed E-state index contributed by atoms with van der Waals surface area (Å²) in [7, 11) is 2.06. The number of halogens is 1. The van der Waals surface area contributed by atoms with Gasteiger partial charge < -0.3 is 5.73 Å². The number of benzene rings is 1. The molecule has 1 atom stereocenters. The molecule has 18 heavy (non-hydrogen) atoms. The predicted molar refractivity (Wildman–Crippen MR) is 75.1 cm³/mol. The number of nitrogens with zero attached hydrogens (tertiary/aromatic N) is 1. The monoisotopic (exact) mass is 252 g/mol.